The molecule has 4 heteroatoms. The van der Waals surface area contributed by atoms with Crippen molar-refractivity contribution in [1.82, 2.24) is 4.98 Å². The van der Waals surface area contributed by atoms with Crippen molar-refractivity contribution < 1.29 is 4.42 Å². The number of furan rings is 1. The zero-order valence-corrected chi connectivity index (χ0v) is 12.6. The van der Waals surface area contributed by atoms with Crippen LogP contribution in [0, 0.1) is 20.8 Å². The van der Waals surface area contributed by atoms with E-state index in [0.29, 0.717) is 0 Å². The molecule has 2 aromatic rings. The van der Waals surface area contributed by atoms with E-state index in [1.165, 1.54) is 5.56 Å². The molecule has 0 saturated heterocycles. The third kappa shape index (κ3) is 2.75. The lowest BCUT2D eigenvalue weighted by Crippen LogP contribution is -2.08. The molecule has 2 heterocycles. The smallest absolute Gasteiger partial charge is 0.140 e. The minimum absolute atomic E-state index is 0.161. The number of hydrogen-bond donors (Lipinski definition) is 1. The fourth-order valence-electron chi connectivity index (χ4n) is 2.00. The SMILES string of the molecule is Cc1cnc(NC(C)c2cc(C)oc2C)c(Br)c1. The van der Waals surface area contributed by atoms with E-state index in [0.717, 1.165) is 27.4 Å². The topological polar surface area (TPSA) is 38.1 Å². The maximum Gasteiger partial charge on any atom is 0.140 e. The van der Waals surface area contributed by atoms with Gasteiger partial charge in [-0.1, -0.05) is 0 Å². The molecule has 0 radical (unpaired) electrons. The van der Waals surface area contributed by atoms with Crippen molar-refractivity contribution in [3.63, 3.8) is 0 Å². The van der Waals surface area contributed by atoms with Gasteiger partial charge >= 0.3 is 0 Å². The van der Waals surface area contributed by atoms with Crippen molar-refractivity contribution in [2.24, 2.45) is 0 Å². The first-order valence-electron chi connectivity index (χ1n) is 5.93. The third-order valence-electron chi connectivity index (χ3n) is 2.88. The van der Waals surface area contributed by atoms with Crippen molar-refractivity contribution >= 4 is 21.7 Å². The van der Waals surface area contributed by atoms with Gasteiger partial charge in [-0.2, -0.15) is 0 Å². The Labute approximate surface area is 116 Å². The molecular weight excluding hydrogens is 292 g/mol. The molecule has 0 fully saturated rings. The van der Waals surface area contributed by atoms with E-state index in [9.17, 15) is 0 Å². The van der Waals surface area contributed by atoms with Gasteiger partial charge in [0.2, 0.25) is 0 Å². The maximum atomic E-state index is 5.55. The maximum absolute atomic E-state index is 5.55. The summed E-state index contributed by atoms with van der Waals surface area (Å²) in [6.07, 6.45) is 1.85. The summed E-state index contributed by atoms with van der Waals surface area (Å²) in [6, 6.07) is 4.28. The Morgan fingerprint density at radius 2 is 2.00 bits per heavy atom. The number of hydrogen-bond acceptors (Lipinski definition) is 3. The molecule has 0 aliphatic heterocycles. The predicted molar refractivity (Wildman–Crippen MR) is 76.9 cm³/mol. The van der Waals surface area contributed by atoms with Crippen LogP contribution in [0.4, 0.5) is 5.82 Å². The number of aromatic nitrogens is 1. The monoisotopic (exact) mass is 308 g/mol. The summed E-state index contributed by atoms with van der Waals surface area (Å²) in [5, 5.41) is 3.39. The van der Waals surface area contributed by atoms with Crippen LogP contribution in [0.1, 0.15) is 35.6 Å². The number of rotatable bonds is 3. The molecule has 0 bridgehead atoms. The second kappa shape index (κ2) is 5.14. The average molecular weight is 309 g/mol. The van der Waals surface area contributed by atoms with Crippen LogP contribution >= 0.6 is 15.9 Å². The summed E-state index contributed by atoms with van der Waals surface area (Å²) >= 11 is 3.52. The number of nitrogens with zero attached hydrogens (tertiary/aromatic N) is 1. The summed E-state index contributed by atoms with van der Waals surface area (Å²) in [5.41, 5.74) is 2.30. The molecule has 0 amide bonds. The average Bonchev–Trinajstić information content (AvgIpc) is 2.62. The van der Waals surface area contributed by atoms with Crippen LogP contribution in [-0.2, 0) is 0 Å². The van der Waals surface area contributed by atoms with Crippen LogP contribution in [-0.4, -0.2) is 4.98 Å². The molecule has 0 spiro atoms. The Bertz CT molecular complexity index is 563. The molecule has 0 aliphatic rings. The van der Waals surface area contributed by atoms with Gasteiger partial charge in [-0.05, 0) is 61.3 Å². The molecule has 2 rings (SSSR count). The van der Waals surface area contributed by atoms with Gasteiger partial charge in [0.1, 0.15) is 17.3 Å². The van der Waals surface area contributed by atoms with E-state index in [4.69, 9.17) is 4.42 Å². The molecule has 3 nitrogen and oxygen atoms in total. The summed E-state index contributed by atoms with van der Waals surface area (Å²) in [7, 11) is 0. The van der Waals surface area contributed by atoms with Gasteiger partial charge in [0, 0.05) is 11.8 Å². The number of pyridine rings is 1. The fourth-order valence-corrected chi connectivity index (χ4v) is 2.58. The molecule has 1 N–H and O–H groups in total. The summed E-state index contributed by atoms with van der Waals surface area (Å²) in [4.78, 5) is 4.39. The highest BCUT2D eigenvalue weighted by molar-refractivity contribution is 9.10. The first kappa shape index (κ1) is 13.1. The molecule has 18 heavy (non-hydrogen) atoms. The predicted octanol–water partition coefficient (Wildman–Crippen LogP) is 4.54. The lowest BCUT2D eigenvalue weighted by Gasteiger charge is -2.15. The fraction of sp³-hybridized carbons (Fsp3) is 0.357. The lowest BCUT2D eigenvalue weighted by molar-refractivity contribution is 0.499. The molecule has 0 aromatic carbocycles. The van der Waals surface area contributed by atoms with Crippen LogP contribution in [0.25, 0.3) is 0 Å². The van der Waals surface area contributed by atoms with Gasteiger partial charge in [0.05, 0.1) is 10.5 Å². The van der Waals surface area contributed by atoms with Crippen molar-refractivity contribution in [2.45, 2.75) is 33.7 Å². The van der Waals surface area contributed by atoms with Crippen molar-refractivity contribution in [2.75, 3.05) is 5.32 Å². The van der Waals surface area contributed by atoms with Crippen LogP contribution in [0.5, 0.6) is 0 Å². The first-order valence-corrected chi connectivity index (χ1v) is 6.72. The van der Waals surface area contributed by atoms with Crippen molar-refractivity contribution in [1.29, 1.82) is 0 Å². The number of nitrogens with one attached hydrogen (secondary N) is 1. The zero-order chi connectivity index (χ0) is 13.3. The standard InChI is InChI=1S/C14H17BrN2O/c1-8-5-13(15)14(16-7-8)17-10(3)12-6-9(2)18-11(12)4/h5-7,10H,1-4H3,(H,16,17). The van der Waals surface area contributed by atoms with Gasteiger partial charge in [0.25, 0.3) is 0 Å². The Kier molecular flexibility index (Phi) is 3.76. The molecular formula is C14H17BrN2O. The second-order valence-corrected chi connectivity index (χ2v) is 5.43. The van der Waals surface area contributed by atoms with Crippen LogP contribution < -0.4 is 5.32 Å². The molecule has 1 atom stereocenters. The number of halogens is 1. The van der Waals surface area contributed by atoms with Crippen LogP contribution in [0.3, 0.4) is 0 Å². The summed E-state index contributed by atoms with van der Waals surface area (Å²) < 4.78 is 6.53. The van der Waals surface area contributed by atoms with E-state index in [-0.39, 0.29) is 6.04 Å². The Morgan fingerprint density at radius 3 is 2.56 bits per heavy atom. The second-order valence-electron chi connectivity index (χ2n) is 4.58. The van der Waals surface area contributed by atoms with Gasteiger partial charge in [-0.15, -0.1) is 0 Å². The first-order chi connectivity index (χ1) is 8.47. The molecule has 96 valence electrons. The molecule has 2 aromatic heterocycles. The quantitative estimate of drug-likeness (QED) is 0.905. The van der Waals surface area contributed by atoms with Gasteiger partial charge < -0.3 is 9.73 Å². The van der Waals surface area contributed by atoms with Crippen molar-refractivity contribution in [3.05, 3.63) is 45.4 Å². The van der Waals surface area contributed by atoms with E-state index in [1.54, 1.807) is 0 Å². The van der Waals surface area contributed by atoms with Gasteiger partial charge in [-0.25, -0.2) is 4.98 Å². The van der Waals surface area contributed by atoms with E-state index in [2.05, 4.69) is 45.3 Å². The Hall–Kier alpha value is -1.29. The molecule has 1 unspecified atom stereocenters. The minimum Gasteiger partial charge on any atom is -0.466 e. The Morgan fingerprint density at radius 1 is 1.28 bits per heavy atom. The van der Waals surface area contributed by atoms with E-state index >= 15 is 0 Å². The summed E-state index contributed by atoms with van der Waals surface area (Å²) in [6.45, 7) is 8.07. The summed E-state index contributed by atoms with van der Waals surface area (Å²) in [5.74, 6) is 2.74. The highest BCUT2D eigenvalue weighted by Crippen LogP contribution is 2.27. The van der Waals surface area contributed by atoms with Crippen LogP contribution in [0.2, 0.25) is 0 Å². The lowest BCUT2D eigenvalue weighted by atomic mass is 10.1. The normalized spacial score (nSPS) is 12.5. The number of anilines is 1. The highest BCUT2D eigenvalue weighted by Gasteiger charge is 2.14. The third-order valence-corrected chi connectivity index (χ3v) is 3.48. The van der Waals surface area contributed by atoms with E-state index < -0.39 is 0 Å². The minimum atomic E-state index is 0.161. The molecule has 0 aliphatic carbocycles. The van der Waals surface area contributed by atoms with Crippen LogP contribution in [0.15, 0.2) is 27.2 Å². The van der Waals surface area contributed by atoms with E-state index in [1.807, 2.05) is 27.0 Å². The molecule has 0 saturated carbocycles. The largest absolute Gasteiger partial charge is 0.466 e. The number of aryl methyl sites for hydroxylation is 3. The zero-order valence-electron chi connectivity index (χ0n) is 11.0. The Balaban J connectivity index is 2.21. The highest BCUT2D eigenvalue weighted by atomic mass is 79.9. The van der Waals surface area contributed by atoms with Gasteiger partial charge in [0.15, 0.2) is 0 Å². The van der Waals surface area contributed by atoms with Crippen molar-refractivity contribution in [3.8, 4) is 0 Å². The van der Waals surface area contributed by atoms with Gasteiger partial charge in [-0.3, -0.25) is 0 Å².